The van der Waals surface area contributed by atoms with Crippen molar-refractivity contribution in [2.45, 2.75) is 39.3 Å². The van der Waals surface area contributed by atoms with Gasteiger partial charge in [0.05, 0.1) is 5.54 Å². The Hall–Kier alpha value is -2.62. The van der Waals surface area contributed by atoms with Gasteiger partial charge in [0.1, 0.15) is 11.9 Å². The standard InChI is InChI=1S/C22H21F2NO/c1-11(2)20-19-14(15-8-13(23)9-16(24)21(15)26-20)6-7-17-18(19)12(3)10-22(4,5)25-17/h6-10,20,25H,1H2,2-5H3. The maximum absolute atomic E-state index is 14.4. The van der Waals surface area contributed by atoms with Crippen LogP contribution in [0, 0.1) is 11.6 Å². The molecule has 2 aromatic carbocycles. The molecule has 2 aromatic rings. The van der Waals surface area contributed by atoms with E-state index in [1.54, 1.807) is 0 Å². The third-order valence-electron chi connectivity index (χ3n) is 4.92. The lowest BCUT2D eigenvalue weighted by atomic mass is 9.80. The van der Waals surface area contributed by atoms with Crippen molar-refractivity contribution < 1.29 is 13.5 Å². The summed E-state index contributed by atoms with van der Waals surface area (Å²) < 4.78 is 34.2. The SMILES string of the molecule is C=C(C)C1Oc2c(F)cc(F)cc2-c2ccc3c(c21)C(C)=CC(C)(C)N3. The summed E-state index contributed by atoms with van der Waals surface area (Å²) >= 11 is 0. The molecule has 0 amide bonds. The third-order valence-corrected chi connectivity index (χ3v) is 4.92. The van der Waals surface area contributed by atoms with Crippen molar-refractivity contribution in [3.63, 3.8) is 0 Å². The zero-order chi connectivity index (χ0) is 18.8. The topological polar surface area (TPSA) is 21.3 Å². The molecule has 1 atom stereocenters. The van der Waals surface area contributed by atoms with Gasteiger partial charge < -0.3 is 10.1 Å². The van der Waals surface area contributed by atoms with Crippen LogP contribution in [0.4, 0.5) is 14.5 Å². The molecule has 2 aliphatic heterocycles. The van der Waals surface area contributed by atoms with E-state index in [1.165, 1.54) is 6.07 Å². The number of ether oxygens (including phenoxy) is 1. The van der Waals surface area contributed by atoms with E-state index in [1.807, 2.05) is 19.1 Å². The van der Waals surface area contributed by atoms with Crippen LogP contribution < -0.4 is 10.1 Å². The minimum Gasteiger partial charge on any atom is -0.478 e. The highest BCUT2D eigenvalue weighted by atomic mass is 19.1. The number of hydrogen-bond donors (Lipinski definition) is 1. The Morgan fingerprint density at radius 1 is 1.19 bits per heavy atom. The second-order valence-corrected chi connectivity index (χ2v) is 7.73. The fourth-order valence-corrected chi connectivity index (χ4v) is 4.06. The first kappa shape index (κ1) is 16.8. The number of allylic oxidation sites excluding steroid dienone is 1. The highest BCUT2D eigenvalue weighted by molar-refractivity contribution is 5.90. The molecule has 2 heterocycles. The van der Waals surface area contributed by atoms with Crippen LogP contribution in [0.1, 0.15) is 44.9 Å². The summed E-state index contributed by atoms with van der Waals surface area (Å²) in [4.78, 5) is 0. The van der Waals surface area contributed by atoms with Crippen LogP contribution in [0.25, 0.3) is 16.7 Å². The van der Waals surface area contributed by atoms with Gasteiger partial charge in [-0.05, 0) is 56.5 Å². The molecule has 1 N–H and O–H groups in total. The van der Waals surface area contributed by atoms with Crippen LogP contribution >= 0.6 is 0 Å². The highest BCUT2D eigenvalue weighted by Crippen LogP contribution is 2.51. The van der Waals surface area contributed by atoms with Crippen LogP contribution in [0.3, 0.4) is 0 Å². The Bertz CT molecular complexity index is 988. The van der Waals surface area contributed by atoms with Crippen LogP contribution in [-0.4, -0.2) is 5.54 Å². The van der Waals surface area contributed by atoms with E-state index in [2.05, 4.69) is 38.7 Å². The molecule has 0 radical (unpaired) electrons. The van der Waals surface area contributed by atoms with Crippen LogP contribution in [0.5, 0.6) is 5.75 Å². The summed E-state index contributed by atoms with van der Waals surface area (Å²) in [5, 5.41) is 3.51. The molecule has 2 aliphatic rings. The molecule has 0 aromatic heterocycles. The molecule has 0 fully saturated rings. The van der Waals surface area contributed by atoms with Gasteiger partial charge in [0.2, 0.25) is 0 Å². The van der Waals surface area contributed by atoms with Gasteiger partial charge >= 0.3 is 0 Å². The summed E-state index contributed by atoms with van der Waals surface area (Å²) in [6.07, 6.45) is 1.67. The van der Waals surface area contributed by atoms with Crippen LogP contribution in [0.15, 0.2) is 42.5 Å². The molecule has 0 bridgehead atoms. The zero-order valence-corrected chi connectivity index (χ0v) is 15.3. The Kier molecular flexibility index (Phi) is 3.52. The van der Waals surface area contributed by atoms with Crippen LogP contribution in [-0.2, 0) is 0 Å². The first-order chi connectivity index (χ1) is 12.2. The van der Waals surface area contributed by atoms with Gasteiger partial charge in [-0.3, -0.25) is 0 Å². The number of benzene rings is 2. The van der Waals surface area contributed by atoms with E-state index < -0.39 is 17.7 Å². The fraction of sp³-hybridized carbons (Fsp3) is 0.273. The normalized spacial score (nSPS) is 19.3. The smallest absolute Gasteiger partial charge is 0.168 e. The molecule has 0 saturated heterocycles. The number of fused-ring (bicyclic) bond motifs is 5. The molecule has 26 heavy (non-hydrogen) atoms. The largest absolute Gasteiger partial charge is 0.478 e. The average molecular weight is 353 g/mol. The first-order valence-electron chi connectivity index (χ1n) is 8.64. The summed E-state index contributed by atoms with van der Waals surface area (Å²) in [7, 11) is 0. The summed E-state index contributed by atoms with van der Waals surface area (Å²) in [6.45, 7) is 12.2. The van der Waals surface area contributed by atoms with E-state index in [9.17, 15) is 8.78 Å². The van der Waals surface area contributed by atoms with Crippen molar-refractivity contribution in [1.29, 1.82) is 0 Å². The monoisotopic (exact) mass is 353 g/mol. The van der Waals surface area contributed by atoms with E-state index in [4.69, 9.17) is 4.74 Å². The Morgan fingerprint density at radius 2 is 1.92 bits per heavy atom. The second-order valence-electron chi connectivity index (χ2n) is 7.73. The molecular formula is C22H21F2NO. The number of hydrogen-bond acceptors (Lipinski definition) is 2. The lowest BCUT2D eigenvalue weighted by Gasteiger charge is -2.37. The number of halogens is 2. The van der Waals surface area contributed by atoms with Gasteiger partial charge in [-0.2, -0.15) is 0 Å². The molecule has 4 heteroatoms. The maximum atomic E-state index is 14.4. The molecule has 0 spiro atoms. The molecule has 0 saturated carbocycles. The first-order valence-corrected chi connectivity index (χ1v) is 8.64. The summed E-state index contributed by atoms with van der Waals surface area (Å²) in [6, 6.07) is 6.07. The van der Waals surface area contributed by atoms with Gasteiger partial charge in [0, 0.05) is 28.4 Å². The molecule has 0 aliphatic carbocycles. The predicted octanol–water partition coefficient (Wildman–Crippen LogP) is 6.25. The van der Waals surface area contributed by atoms with Crippen molar-refractivity contribution in [2.24, 2.45) is 0 Å². The molecule has 2 nitrogen and oxygen atoms in total. The summed E-state index contributed by atoms with van der Waals surface area (Å²) in [5.74, 6) is -1.23. The Labute approximate surface area is 152 Å². The Balaban J connectivity index is 2.06. The molecule has 4 rings (SSSR count). The van der Waals surface area contributed by atoms with Gasteiger partial charge in [-0.25, -0.2) is 8.78 Å². The number of rotatable bonds is 1. The molecule has 1 unspecified atom stereocenters. The molecular weight excluding hydrogens is 332 g/mol. The van der Waals surface area contributed by atoms with Crippen molar-refractivity contribution in [3.8, 4) is 16.9 Å². The van der Waals surface area contributed by atoms with Crippen molar-refractivity contribution in [3.05, 3.63) is 65.3 Å². The predicted molar refractivity (Wildman–Crippen MR) is 101 cm³/mol. The molecule has 134 valence electrons. The lowest BCUT2D eigenvalue weighted by molar-refractivity contribution is 0.227. The third kappa shape index (κ3) is 2.44. The average Bonchev–Trinajstić information content (AvgIpc) is 2.51. The zero-order valence-electron chi connectivity index (χ0n) is 15.3. The fourth-order valence-electron chi connectivity index (χ4n) is 4.06. The van der Waals surface area contributed by atoms with E-state index >= 15 is 0 Å². The van der Waals surface area contributed by atoms with Crippen molar-refractivity contribution in [2.75, 3.05) is 5.32 Å². The number of anilines is 1. The van der Waals surface area contributed by atoms with E-state index in [0.717, 1.165) is 39.6 Å². The summed E-state index contributed by atoms with van der Waals surface area (Å²) in [5.41, 5.74) is 5.84. The second kappa shape index (κ2) is 5.44. The van der Waals surface area contributed by atoms with Crippen molar-refractivity contribution in [1.82, 2.24) is 0 Å². The number of nitrogens with one attached hydrogen (secondary N) is 1. The van der Waals surface area contributed by atoms with Crippen LogP contribution in [0.2, 0.25) is 0 Å². The van der Waals surface area contributed by atoms with Gasteiger partial charge in [-0.15, -0.1) is 0 Å². The van der Waals surface area contributed by atoms with E-state index in [-0.39, 0.29) is 11.3 Å². The van der Waals surface area contributed by atoms with Gasteiger partial charge in [0.15, 0.2) is 11.6 Å². The van der Waals surface area contributed by atoms with Gasteiger partial charge in [-0.1, -0.05) is 18.7 Å². The lowest BCUT2D eigenvalue weighted by Crippen LogP contribution is -2.32. The maximum Gasteiger partial charge on any atom is 0.168 e. The van der Waals surface area contributed by atoms with Crippen molar-refractivity contribution >= 4 is 11.3 Å². The Morgan fingerprint density at radius 3 is 2.62 bits per heavy atom. The van der Waals surface area contributed by atoms with E-state index in [0.29, 0.717) is 5.56 Å². The van der Waals surface area contributed by atoms with Gasteiger partial charge in [0.25, 0.3) is 0 Å². The quantitative estimate of drug-likeness (QED) is 0.612. The minimum atomic E-state index is -0.693. The minimum absolute atomic E-state index is 0.0811. The highest BCUT2D eigenvalue weighted by Gasteiger charge is 2.35.